The zero-order valence-electron chi connectivity index (χ0n) is 16.3. The fourth-order valence-electron chi connectivity index (χ4n) is 4.24. The van der Waals surface area contributed by atoms with Crippen LogP contribution >= 0.6 is 0 Å². The lowest BCUT2D eigenvalue weighted by Crippen LogP contribution is -2.52. The van der Waals surface area contributed by atoms with Crippen molar-refractivity contribution >= 4 is 6.03 Å². The summed E-state index contributed by atoms with van der Waals surface area (Å²) in [7, 11) is 0. The maximum Gasteiger partial charge on any atom is 0.318 e. The van der Waals surface area contributed by atoms with Crippen LogP contribution in [0.25, 0.3) is 0 Å². The Morgan fingerprint density at radius 2 is 1.39 bits per heavy atom. The number of morpholine rings is 1. The molecule has 0 spiro atoms. The summed E-state index contributed by atoms with van der Waals surface area (Å²) >= 11 is 0. The summed E-state index contributed by atoms with van der Waals surface area (Å²) in [6.07, 6.45) is 2.07. The monoisotopic (exact) mass is 379 g/mol. The summed E-state index contributed by atoms with van der Waals surface area (Å²) in [5.41, 5.74) is 2.20. The van der Waals surface area contributed by atoms with Gasteiger partial charge < -0.3 is 15.0 Å². The van der Waals surface area contributed by atoms with Crippen LogP contribution in [0.4, 0.5) is 4.79 Å². The third kappa shape index (κ3) is 4.54. The first kappa shape index (κ1) is 19.0. The van der Waals surface area contributed by atoms with Gasteiger partial charge in [-0.05, 0) is 24.0 Å². The third-order valence-electron chi connectivity index (χ3n) is 5.85. The van der Waals surface area contributed by atoms with Gasteiger partial charge in [0.1, 0.15) is 0 Å². The van der Waals surface area contributed by atoms with Crippen LogP contribution in [0.15, 0.2) is 60.7 Å². The number of likely N-dealkylation sites (tertiary alicyclic amines) is 1. The van der Waals surface area contributed by atoms with Gasteiger partial charge in [-0.1, -0.05) is 60.7 Å². The minimum absolute atomic E-state index is 0.0260. The lowest BCUT2D eigenvalue weighted by molar-refractivity contribution is 0.00376. The van der Waals surface area contributed by atoms with E-state index in [-0.39, 0.29) is 12.1 Å². The average Bonchev–Trinajstić information content (AvgIpc) is 2.79. The molecule has 2 aliphatic heterocycles. The maximum absolute atomic E-state index is 13.0. The first-order valence-electron chi connectivity index (χ1n) is 10.3. The number of hydrogen-bond donors (Lipinski definition) is 1. The number of urea groups is 1. The van der Waals surface area contributed by atoms with Gasteiger partial charge in [0.15, 0.2) is 0 Å². The zero-order valence-corrected chi connectivity index (χ0v) is 16.3. The average molecular weight is 380 g/mol. The summed E-state index contributed by atoms with van der Waals surface area (Å²) < 4.78 is 5.46. The summed E-state index contributed by atoms with van der Waals surface area (Å²) in [5, 5.41) is 3.27. The molecule has 2 aromatic rings. The van der Waals surface area contributed by atoms with E-state index in [4.69, 9.17) is 4.74 Å². The molecule has 1 N–H and O–H groups in total. The van der Waals surface area contributed by atoms with E-state index in [0.29, 0.717) is 6.04 Å². The second kappa shape index (κ2) is 9.22. The summed E-state index contributed by atoms with van der Waals surface area (Å²) in [4.78, 5) is 17.5. The van der Waals surface area contributed by atoms with E-state index in [1.165, 1.54) is 0 Å². The SMILES string of the molecule is O=C(NC(c1ccccc1)c1ccccc1)N1CCC(N2CCOCC2)CC1. The van der Waals surface area contributed by atoms with Crippen molar-refractivity contribution in [2.75, 3.05) is 39.4 Å². The van der Waals surface area contributed by atoms with Crippen molar-refractivity contribution in [3.63, 3.8) is 0 Å². The fourth-order valence-corrected chi connectivity index (χ4v) is 4.24. The minimum Gasteiger partial charge on any atom is -0.379 e. The van der Waals surface area contributed by atoms with E-state index in [1.54, 1.807) is 0 Å². The quantitative estimate of drug-likeness (QED) is 0.887. The van der Waals surface area contributed by atoms with Crippen LogP contribution in [-0.4, -0.2) is 61.3 Å². The van der Waals surface area contributed by atoms with Gasteiger partial charge in [-0.2, -0.15) is 0 Å². The summed E-state index contributed by atoms with van der Waals surface area (Å²) in [6.45, 7) is 5.31. The Morgan fingerprint density at radius 1 is 0.857 bits per heavy atom. The highest BCUT2D eigenvalue weighted by molar-refractivity contribution is 5.75. The Morgan fingerprint density at radius 3 is 1.93 bits per heavy atom. The van der Waals surface area contributed by atoms with Crippen molar-refractivity contribution in [1.29, 1.82) is 0 Å². The predicted octanol–water partition coefficient (Wildman–Crippen LogP) is 3.28. The van der Waals surface area contributed by atoms with Crippen molar-refractivity contribution in [3.05, 3.63) is 71.8 Å². The van der Waals surface area contributed by atoms with Crippen LogP contribution in [0.1, 0.15) is 30.0 Å². The molecule has 5 heteroatoms. The van der Waals surface area contributed by atoms with Crippen LogP contribution in [0.5, 0.6) is 0 Å². The smallest absolute Gasteiger partial charge is 0.318 e. The van der Waals surface area contributed by atoms with Gasteiger partial charge in [-0.15, -0.1) is 0 Å². The molecule has 2 aromatic carbocycles. The second-order valence-electron chi connectivity index (χ2n) is 7.57. The number of benzene rings is 2. The molecule has 0 saturated carbocycles. The van der Waals surface area contributed by atoms with Crippen molar-refractivity contribution < 1.29 is 9.53 Å². The van der Waals surface area contributed by atoms with Crippen LogP contribution in [0.2, 0.25) is 0 Å². The van der Waals surface area contributed by atoms with Crippen LogP contribution in [-0.2, 0) is 4.74 Å². The highest BCUT2D eigenvalue weighted by atomic mass is 16.5. The molecule has 0 atom stereocenters. The van der Waals surface area contributed by atoms with E-state index in [9.17, 15) is 4.79 Å². The van der Waals surface area contributed by atoms with Crippen LogP contribution in [0.3, 0.4) is 0 Å². The Bertz CT molecular complexity index is 699. The Kier molecular flexibility index (Phi) is 6.24. The van der Waals surface area contributed by atoms with Crippen molar-refractivity contribution in [2.24, 2.45) is 0 Å². The highest BCUT2D eigenvalue weighted by Gasteiger charge is 2.29. The topological polar surface area (TPSA) is 44.8 Å². The molecule has 0 radical (unpaired) electrons. The van der Waals surface area contributed by atoms with E-state index in [0.717, 1.165) is 63.4 Å². The van der Waals surface area contributed by atoms with Gasteiger partial charge in [0, 0.05) is 32.2 Å². The first-order valence-corrected chi connectivity index (χ1v) is 10.3. The molecule has 0 unspecified atom stereocenters. The van der Waals surface area contributed by atoms with Gasteiger partial charge in [-0.3, -0.25) is 4.90 Å². The molecule has 2 heterocycles. The minimum atomic E-state index is -0.133. The lowest BCUT2D eigenvalue weighted by Gasteiger charge is -2.40. The molecule has 5 nitrogen and oxygen atoms in total. The van der Waals surface area contributed by atoms with E-state index in [1.807, 2.05) is 41.3 Å². The number of hydrogen-bond acceptors (Lipinski definition) is 3. The van der Waals surface area contributed by atoms with Crippen molar-refractivity contribution in [2.45, 2.75) is 24.9 Å². The van der Waals surface area contributed by atoms with Gasteiger partial charge in [-0.25, -0.2) is 4.79 Å². The number of rotatable bonds is 4. The first-order chi connectivity index (χ1) is 13.8. The molecule has 2 aliphatic rings. The van der Waals surface area contributed by atoms with Gasteiger partial charge in [0.25, 0.3) is 0 Å². The lowest BCUT2D eigenvalue weighted by atomic mass is 9.98. The maximum atomic E-state index is 13.0. The molecule has 4 rings (SSSR count). The number of carbonyl (C=O) groups excluding carboxylic acids is 1. The summed E-state index contributed by atoms with van der Waals surface area (Å²) in [6, 6.07) is 20.8. The normalized spacial score (nSPS) is 19.0. The third-order valence-corrected chi connectivity index (χ3v) is 5.85. The Balaban J connectivity index is 1.40. The molecule has 148 valence electrons. The van der Waals surface area contributed by atoms with Crippen LogP contribution < -0.4 is 5.32 Å². The van der Waals surface area contributed by atoms with E-state index >= 15 is 0 Å². The molecule has 2 fully saturated rings. The standard InChI is InChI=1S/C23H29N3O2/c27-23(26-13-11-21(12-14-26)25-15-17-28-18-16-25)24-22(19-7-3-1-4-8-19)20-9-5-2-6-10-20/h1-10,21-22H,11-18H2,(H,24,27). The second-order valence-corrected chi connectivity index (χ2v) is 7.57. The number of piperidine rings is 1. The molecular weight excluding hydrogens is 350 g/mol. The molecule has 0 aromatic heterocycles. The van der Waals surface area contributed by atoms with Gasteiger partial charge in [0.05, 0.1) is 19.3 Å². The van der Waals surface area contributed by atoms with E-state index in [2.05, 4.69) is 34.5 Å². The number of nitrogens with zero attached hydrogens (tertiary/aromatic N) is 2. The number of amides is 2. The highest BCUT2D eigenvalue weighted by Crippen LogP contribution is 2.23. The number of carbonyl (C=O) groups is 1. The number of ether oxygens (including phenoxy) is 1. The Hall–Kier alpha value is -2.37. The molecular formula is C23H29N3O2. The predicted molar refractivity (Wildman–Crippen MR) is 110 cm³/mol. The Labute approximate surface area is 167 Å². The largest absolute Gasteiger partial charge is 0.379 e. The fraction of sp³-hybridized carbons (Fsp3) is 0.435. The van der Waals surface area contributed by atoms with Gasteiger partial charge in [0.2, 0.25) is 0 Å². The molecule has 0 bridgehead atoms. The van der Waals surface area contributed by atoms with Crippen molar-refractivity contribution in [3.8, 4) is 0 Å². The molecule has 2 amide bonds. The summed E-state index contributed by atoms with van der Waals surface area (Å²) in [5.74, 6) is 0. The molecule has 0 aliphatic carbocycles. The number of nitrogens with one attached hydrogen (secondary N) is 1. The molecule has 28 heavy (non-hydrogen) atoms. The van der Waals surface area contributed by atoms with Crippen molar-refractivity contribution in [1.82, 2.24) is 15.1 Å². The van der Waals surface area contributed by atoms with Gasteiger partial charge >= 0.3 is 6.03 Å². The van der Waals surface area contributed by atoms with E-state index < -0.39 is 0 Å². The molecule has 2 saturated heterocycles. The zero-order chi connectivity index (χ0) is 19.2. The van der Waals surface area contributed by atoms with Crippen LogP contribution in [0, 0.1) is 0 Å².